The molecule has 2 rings (SSSR count). The van der Waals surface area contributed by atoms with E-state index in [1.807, 2.05) is 0 Å². The summed E-state index contributed by atoms with van der Waals surface area (Å²) in [6, 6.07) is 4.42. The average molecular weight is 232 g/mol. The Balaban J connectivity index is 1.99. The summed E-state index contributed by atoms with van der Waals surface area (Å²) in [4.78, 5) is 2.50. The van der Waals surface area contributed by atoms with Crippen molar-refractivity contribution in [2.75, 3.05) is 23.7 Å². The molecule has 1 aliphatic rings. The molecule has 94 valence electrons. The molecule has 1 aliphatic heterocycles. The van der Waals surface area contributed by atoms with E-state index in [1.54, 1.807) is 0 Å². The molecular weight excluding hydrogens is 208 g/mol. The summed E-state index contributed by atoms with van der Waals surface area (Å²) >= 11 is 0. The number of fused-ring (bicyclic) bond motifs is 1. The molecule has 0 radical (unpaired) electrons. The van der Waals surface area contributed by atoms with Gasteiger partial charge in [-0.25, -0.2) is 0 Å². The Bertz CT molecular complexity index is 385. The number of benzene rings is 1. The minimum absolute atomic E-state index is 0.934. The highest BCUT2D eigenvalue weighted by molar-refractivity contribution is 5.67. The Morgan fingerprint density at radius 2 is 2.06 bits per heavy atom. The molecule has 1 aromatic carbocycles. The zero-order chi connectivity index (χ0) is 12.3. The summed E-state index contributed by atoms with van der Waals surface area (Å²) in [5, 5.41) is 0. The van der Waals surface area contributed by atoms with Gasteiger partial charge < -0.3 is 10.6 Å². The molecule has 2 nitrogen and oxygen atoms in total. The third-order valence-electron chi connectivity index (χ3n) is 3.74. The lowest BCUT2D eigenvalue weighted by molar-refractivity contribution is 0.651. The summed E-state index contributed by atoms with van der Waals surface area (Å²) in [5.74, 6) is 0. The molecule has 0 saturated carbocycles. The Morgan fingerprint density at radius 1 is 1.24 bits per heavy atom. The minimum Gasteiger partial charge on any atom is -0.398 e. The molecule has 17 heavy (non-hydrogen) atoms. The second kappa shape index (κ2) is 5.44. The molecule has 0 amide bonds. The van der Waals surface area contributed by atoms with Crippen LogP contribution in [-0.2, 0) is 6.42 Å². The van der Waals surface area contributed by atoms with Crippen molar-refractivity contribution in [1.82, 2.24) is 0 Å². The van der Waals surface area contributed by atoms with Gasteiger partial charge in [0.05, 0.1) is 0 Å². The fraction of sp³-hybridized carbons (Fsp3) is 0.600. The zero-order valence-corrected chi connectivity index (χ0v) is 11.1. The summed E-state index contributed by atoms with van der Waals surface area (Å²) in [5.41, 5.74) is 11.0. The number of hydrogen-bond donors (Lipinski definition) is 1. The van der Waals surface area contributed by atoms with Crippen LogP contribution in [0, 0.1) is 6.92 Å². The van der Waals surface area contributed by atoms with Crippen LogP contribution in [0.1, 0.15) is 43.7 Å². The largest absolute Gasteiger partial charge is 0.398 e. The van der Waals surface area contributed by atoms with Crippen LogP contribution in [0.25, 0.3) is 0 Å². The number of aryl methyl sites for hydroxylation is 1. The van der Waals surface area contributed by atoms with Crippen molar-refractivity contribution in [2.24, 2.45) is 0 Å². The normalized spacial score (nSPS) is 14.1. The Labute approximate surface area is 105 Å². The lowest BCUT2D eigenvalue weighted by Gasteiger charge is -2.20. The summed E-state index contributed by atoms with van der Waals surface area (Å²) in [6.45, 7) is 6.72. The van der Waals surface area contributed by atoms with Gasteiger partial charge in [0.2, 0.25) is 0 Å². The van der Waals surface area contributed by atoms with Gasteiger partial charge in [0, 0.05) is 24.5 Å². The van der Waals surface area contributed by atoms with E-state index in [0.717, 1.165) is 5.69 Å². The van der Waals surface area contributed by atoms with Gasteiger partial charge in [0.1, 0.15) is 0 Å². The topological polar surface area (TPSA) is 29.3 Å². The fourth-order valence-corrected chi connectivity index (χ4v) is 2.60. The first kappa shape index (κ1) is 12.3. The van der Waals surface area contributed by atoms with Crippen molar-refractivity contribution in [3.05, 3.63) is 23.3 Å². The van der Waals surface area contributed by atoms with Gasteiger partial charge in [-0.1, -0.05) is 32.3 Å². The highest BCUT2D eigenvalue weighted by atomic mass is 15.1. The van der Waals surface area contributed by atoms with Crippen LogP contribution in [0.2, 0.25) is 0 Å². The van der Waals surface area contributed by atoms with Crippen LogP contribution in [0.4, 0.5) is 11.4 Å². The lowest BCUT2D eigenvalue weighted by atomic mass is 10.1. The van der Waals surface area contributed by atoms with Crippen LogP contribution < -0.4 is 10.6 Å². The van der Waals surface area contributed by atoms with Crippen molar-refractivity contribution >= 4 is 11.4 Å². The van der Waals surface area contributed by atoms with E-state index < -0.39 is 0 Å². The monoisotopic (exact) mass is 232 g/mol. The summed E-state index contributed by atoms with van der Waals surface area (Å²) < 4.78 is 0. The quantitative estimate of drug-likeness (QED) is 0.621. The summed E-state index contributed by atoms with van der Waals surface area (Å²) in [6.07, 6.45) is 6.51. The number of nitrogens with zero attached hydrogens (tertiary/aromatic N) is 1. The standard InChI is InChI=1S/C15H24N2/c1-3-4-5-6-8-17-9-7-13-10-12(2)14(16)11-15(13)17/h10-11H,3-9,16H2,1-2H3. The molecule has 0 unspecified atom stereocenters. The minimum atomic E-state index is 0.934. The van der Waals surface area contributed by atoms with Gasteiger partial charge >= 0.3 is 0 Å². The Hall–Kier alpha value is -1.18. The third kappa shape index (κ3) is 2.74. The molecular formula is C15H24N2. The summed E-state index contributed by atoms with van der Waals surface area (Å²) in [7, 11) is 0. The number of anilines is 2. The highest BCUT2D eigenvalue weighted by Crippen LogP contribution is 2.32. The van der Waals surface area contributed by atoms with E-state index in [0.29, 0.717) is 0 Å². The zero-order valence-electron chi connectivity index (χ0n) is 11.1. The molecule has 1 heterocycles. The Kier molecular flexibility index (Phi) is 3.93. The van der Waals surface area contributed by atoms with Crippen LogP contribution in [-0.4, -0.2) is 13.1 Å². The molecule has 0 spiro atoms. The van der Waals surface area contributed by atoms with E-state index in [2.05, 4.69) is 30.9 Å². The van der Waals surface area contributed by atoms with Crippen molar-refractivity contribution in [3.63, 3.8) is 0 Å². The highest BCUT2D eigenvalue weighted by Gasteiger charge is 2.19. The van der Waals surface area contributed by atoms with Crippen molar-refractivity contribution in [3.8, 4) is 0 Å². The maximum Gasteiger partial charge on any atom is 0.0420 e. The molecule has 0 saturated heterocycles. The molecule has 0 aromatic heterocycles. The first-order chi connectivity index (χ1) is 8.22. The van der Waals surface area contributed by atoms with Gasteiger partial charge in [-0.05, 0) is 37.0 Å². The smallest absolute Gasteiger partial charge is 0.0420 e. The molecule has 0 atom stereocenters. The maximum absolute atomic E-state index is 6.00. The molecule has 2 N–H and O–H groups in total. The average Bonchev–Trinajstić information content (AvgIpc) is 2.68. The first-order valence-electron chi connectivity index (χ1n) is 6.86. The van der Waals surface area contributed by atoms with Crippen LogP contribution in [0.3, 0.4) is 0 Å². The first-order valence-corrected chi connectivity index (χ1v) is 6.86. The number of unbranched alkanes of at least 4 members (excludes halogenated alkanes) is 3. The van der Waals surface area contributed by atoms with Crippen molar-refractivity contribution in [2.45, 2.75) is 46.0 Å². The van der Waals surface area contributed by atoms with E-state index in [9.17, 15) is 0 Å². The van der Waals surface area contributed by atoms with Crippen LogP contribution in [0.5, 0.6) is 0 Å². The van der Waals surface area contributed by atoms with Gasteiger partial charge in [0.25, 0.3) is 0 Å². The second-order valence-electron chi connectivity index (χ2n) is 5.14. The maximum atomic E-state index is 6.00. The molecule has 0 fully saturated rings. The molecule has 0 bridgehead atoms. The number of nitrogen functional groups attached to an aromatic ring is 1. The van der Waals surface area contributed by atoms with Crippen molar-refractivity contribution < 1.29 is 0 Å². The fourth-order valence-electron chi connectivity index (χ4n) is 2.60. The van der Waals surface area contributed by atoms with Gasteiger partial charge in [-0.15, -0.1) is 0 Å². The predicted octanol–water partition coefficient (Wildman–Crippen LogP) is 3.52. The van der Waals surface area contributed by atoms with Crippen LogP contribution >= 0.6 is 0 Å². The molecule has 0 aliphatic carbocycles. The van der Waals surface area contributed by atoms with Gasteiger partial charge in [-0.3, -0.25) is 0 Å². The van der Waals surface area contributed by atoms with E-state index in [1.165, 1.54) is 62.0 Å². The van der Waals surface area contributed by atoms with Gasteiger partial charge in [-0.2, -0.15) is 0 Å². The van der Waals surface area contributed by atoms with Crippen molar-refractivity contribution in [1.29, 1.82) is 0 Å². The third-order valence-corrected chi connectivity index (χ3v) is 3.74. The number of rotatable bonds is 5. The molecule has 1 aromatic rings. The lowest BCUT2D eigenvalue weighted by Crippen LogP contribution is -2.21. The SMILES string of the molecule is CCCCCCN1CCc2cc(C)c(N)cc21. The predicted molar refractivity (Wildman–Crippen MR) is 75.7 cm³/mol. The Morgan fingerprint density at radius 3 is 2.82 bits per heavy atom. The van der Waals surface area contributed by atoms with E-state index >= 15 is 0 Å². The van der Waals surface area contributed by atoms with E-state index in [-0.39, 0.29) is 0 Å². The van der Waals surface area contributed by atoms with Gasteiger partial charge in [0.15, 0.2) is 0 Å². The van der Waals surface area contributed by atoms with Crippen LogP contribution in [0.15, 0.2) is 12.1 Å². The number of nitrogens with two attached hydrogens (primary N) is 1. The van der Waals surface area contributed by atoms with E-state index in [4.69, 9.17) is 5.73 Å². The molecule has 2 heteroatoms. The number of hydrogen-bond acceptors (Lipinski definition) is 2. The second-order valence-corrected chi connectivity index (χ2v) is 5.14.